The molecule has 0 radical (unpaired) electrons. The number of aliphatic hydroxyl groups is 3. The molecule has 0 spiro atoms. The highest BCUT2D eigenvalue weighted by Gasteiger charge is 2.22. The number of hydrogen-bond donors (Lipinski definition) is 4. The van der Waals surface area contributed by atoms with Crippen LogP contribution in [0.15, 0.2) is 48.6 Å². The second kappa shape index (κ2) is 37.1. The quantitative estimate of drug-likeness (QED) is 0.0310. The Balaban J connectivity index is 3.79. The largest absolute Gasteiger partial charge is 0.394 e. The van der Waals surface area contributed by atoms with Gasteiger partial charge >= 0.3 is 0 Å². The standard InChI is InChI=1S/C42H77NO4/c1-3-5-7-9-11-13-15-17-19-20-21-22-23-25-26-28-30-32-34-36-40(45)39(38-44)43-42(47)41(46)37-35-33-31-29-27-24-18-16-14-12-10-8-6-4-2/h12,14,16,18,26,28,34,36,39-41,44-46H,3-11,13,15,17,19-25,27,29-33,35,37-38H2,1-2H3,(H,43,47)/b14-12-,18-16-,28-26+,36-34+. The van der Waals surface area contributed by atoms with E-state index in [1.165, 1.54) is 103 Å². The van der Waals surface area contributed by atoms with Crippen molar-refractivity contribution >= 4 is 5.91 Å². The molecule has 0 bridgehead atoms. The normalized spacial score (nSPS) is 14.2. The molecule has 0 saturated carbocycles. The lowest BCUT2D eigenvalue weighted by Crippen LogP contribution is -2.48. The smallest absolute Gasteiger partial charge is 0.249 e. The summed E-state index contributed by atoms with van der Waals surface area (Å²) in [6, 6.07) is -0.821. The first-order valence-electron chi connectivity index (χ1n) is 20.0. The van der Waals surface area contributed by atoms with Gasteiger partial charge in [0.25, 0.3) is 0 Å². The summed E-state index contributed by atoms with van der Waals surface area (Å²) in [4.78, 5) is 12.4. The Hall–Kier alpha value is -1.69. The van der Waals surface area contributed by atoms with E-state index in [0.29, 0.717) is 6.42 Å². The van der Waals surface area contributed by atoms with Crippen LogP contribution in [-0.2, 0) is 4.79 Å². The zero-order valence-corrected chi connectivity index (χ0v) is 30.9. The van der Waals surface area contributed by atoms with E-state index in [1.807, 2.05) is 6.08 Å². The molecule has 0 aromatic rings. The molecule has 0 saturated heterocycles. The molecule has 274 valence electrons. The maximum Gasteiger partial charge on any atom is 0.249 e. The van der Waals surface area contributed by atoms with Gasteiger partial charge in [-0.25, -0.2) is 0 Å². The van der Waals surface area contributed by atoms with Gasteiger partial charge in [0.15, 0.2) is 0 Å². The highest BCUT2D eigenvalue weighted by Crippen LogP contribution is 2.14. The van der Waals surface area contributed by atoms with Gasteiger partial charge in [0.2, 0.25) is 5.91 Å². The van der Waals surface area contributed by atoms with Crippen molar-refractivity contribution in [3.05, 3.63) is 48.6 Å². The SMILES string of the molecule is CCCCC/C=C\C=C/CCCCCCCC(O)C(=O)NC(CO)C(O)/C=C/CC/C=C/CCCCCCCCCCCCCCC. The van der Waals surface area contributed by atoms with E-state index in [4.69, 9.17) is 0 Å². The van der Waals surface area contributed by atoms with E-state index in [1.54, 1.807) is 6.08 Å². The Labute approximate surface area is 291 Å². The van der Waals surface area contributed by atoms with Crippen LogP contribution in [0.2, 0.25) is 0 Å². The lowest BCUT2D eigenvalue weighted by Gasteiger charge is -2.21. The third-order valence-corrected chi connectivity index (χ3v) is 8.92. The van der Waals surface area contributed by atoms with Crippen LogP contribution in [0.3, 0.4) is 0 Å². The molecule has 0 aliphatic rings. The maximum atomic E-state index is 12.4. The van der Waals surface area contributed by atoms with Gasteiger partial charge in [0, 0.05) is 0 Å². The monoisotopic (exact) mass is 660 g/mol. The molecular formula is C42H77NO4. The Kier molecular flexibility index (Phi) is 35.8. The molecule has 0 aromatic heterocycles. The Morgan fingerprint density at radius 3 is 1.47 bits per heavy atom. The predicted octanol–water partition coefficient (Wildman–Crippen LogP) is 11.0. The molecule has 0 aromatic carbocycles. The fraction of sp³-hybridized carbons (Fsp3) is 0.786. The summed E-state index contributed by atoms with van der Waals surface area (Å²) in [5, 5.41) is 33.0. The van der Waals surface area contributed by atoms with Crippen LogP contribution in [-0.4, -0.2) is 46.1 Å². The van der Waals surface area contributed by atoms with Gasteiger partial charge in [-0.2, -0.15) is 0 Å². The zero-order chi connectivity index (χ0) is 34.5. The van der Waals surface area contributed by atoms with Crippen LogP contribution in [0.5, 0.6) is 0 Å². The van der Waals surface area contributed by atoms with Crippen molar-refractivity contribution < 1.29 is 20.1 Å². The molecule has 3 atom stereocenters. The van der Waals surface area contributed by atoms with Gasteiger partial charge in [-0.3, -0.25) is 4.79 Å². The summed E-state index contributed by atoms with van der Waals surface area (Å²) in [6.45, 7) is 4.12. The number of nitrogens with one attached hydrogen (secondary N) is 1. The first-order valence-corrected chi connectivity index (χ1v) is 20.0. The summed E-state index contributed by atoms with van der Waals surface area (Å²) in [6.07, 6.45) is 47.0. The van der Waals surface area contributed by atoms with Crippen molar-refractivity contribution in [1.82, 2.24) is 5.32 Å². The Bertz CT molecular complexity index is 775. The minimum Gasteiger partial charge on any atom is -0.394 e. The lowest BCUT2D eigenvalue weighted by molar-refractivity contribution is -0.131. The number of amides is 1. The van der Waals surface area contributed by atoms with Crippen LogP contribution in [0, 0.1) is 0 Å². The van der Waals surface area contributed by atoms with Crippen LogP contribution < -0.4 is 5.32 Å². The number of hydrogen-bond acceptors (Lipinski definition) is 4. The first kappa shape index (κ1) is 45.3. The second-order valence-corrected chi connectivity index (χ2v) is 13.5. The van der Waals surface area contributed by atoms with Crippen molar-refractivity contribution in [3.63, 3.8) is 0 Å². The average molecular weight is 660 g/mol. The van der Waals surface area contributed by atoms with E-state index in [9.17, 15) is 20.1 Å². The minimum absolute atomic E-state index is 0.383. The number of rotatable bonds is 35. The number of allylic oxidation sites excluding steroid dienone is 7. The summed E-state index contributed by atoms with van der Waals surface area (Å²) in [7, 11) is 0. The number of carbonyl (C=O) groups is 1. The molecule has 5 nitrogen and oxygen atoms in total. The van der Waals surface area contributed by atoms with E-state index >= 15 is 0 Å². The highest BCUT2D eigenvalue weighted by molar-refractivity contribution is 5.80. The molecule has 0 heterocycles. The van der Waals surface area contributed by atoms with Crippen molar-refractivity contribution in [2.75, 3.05) is 6.61 Å². The van der Waals surface area contributed by atoms with E-state index < -0.39 is 24.2 Å². The molecule has 5 heteroatoms. The number of unbranched alkanes of at least 4 members (excludes halogenated alkanes) is 22. The topological polar surface area (TPSA) is 89.8 Å². The van der Waals surface area contributed by atoms with Crippen LogP contribution >= 0.6 is 0 Å². The number of carbonyl (C=O) groups excluding carboxylic acids is 1. The van der Waals surface area contributed by atoms with Crippen molar-refractivity contribution in [2.24, 2.45) is 0 Å². The van der Waals surface area contributed by atoms with Crippen LogP contribution in [0.25, 0.3) is 0 Å². The molecule has 3 unspecified atom stereocenters. The molecule has 1 amide bonds. The van der Waals surface area contributed by atoms with Crippen molar-refractivity contribution in [2.45, 2.75) is 205 Å². The first-order chi connectivity index (χ1) is 23.1. The summed E-state index contributed by atoms with van der Waals surface area (Å²) in [5.74, 6) is -0.527. The second-order valence-electron chi connectivity index (χ2n) is 13.5. The van der Waals surface area contributed by atoms with E-state index in [-0.39, 0.29) is 6.61 Å². The molecule has 0 aliphatic carbocycles. The van der Waals surface area contributed by atoms with E-state index in [2.05, 4.69) is 55.6 Å². The maximum absolute atomic E-state index is 12.4. The van der Waals surface area contributed by atoms with Crippen molar-refractivity contribution in [3.8, 4) is 0 Å². The van der Waals surface area contributed by atoms with Gasteiger partial charge in [-0.15, -0.1) is 0 Å². The fourth-order valence-electron chi connectivity index (χ4n) is 5.72. The van der Waals surface area contributed by atoms with Gasteiger partial charge in [-0.05, 0) is 57.8 Å². The Morgan fingerprint density at radius 2 is 0.936 bits per heavy atom. The summed E-state index contributed by atoms with van der Waals surface area (Å²) in [5.41, 5.74) is 0. The number of aliphatic hydroxyl groups excluding tert-OH is 3. The van der Waals surface area contributed by atoms with Gasteiger partial charge in [0.05, 0.1) is 18.8 Å². The molecule has 0 rings (SSSR count). The minimum atomic E-state index is -1.12. The van der Waals surface area contributed by atoms with E-state index in [0.717, 1.165) is 64.2 Å². The predicted molar refractivity (Wildman–Crippen MR) is 204 cm³/mol. The highest BCUT2D eigenvalue weighted by atomic mass is 16.3. The molecule has 4 N–H and O–H groups in total. The Morgan fingerprint density at radius 1 is 0.532 bits per heavy atom. The van der Waals surface area contributed by atoms with Gasteiger partial charge in [0.1, 0.15) is 6.10 Å². The average Bonchev–Trinajstić information content (AvgIpc) is 3.07. The summed E-state index contributed by atoms with van der Waals surface area (Å²) >= 11 is 0. The third-order valence-electron chi connectivity index (χ3n) is 8.92. The fourth-order valence-corrected chi connectivity index (χ4v) is 5.72. The van der Waals surface area contributed by atoms with Gasteiger partial charge < -0.3 is 20.6 Å². The lowest BCUT2D eigenvalue weighted by atomic mass is 10.0. The zero-order valence-electron chi connectivity index (χ0n) is 30.9. The molecular weight excluding hydrogens is 582 g/mol. The summed E-state index contributed by atoms with van der Waals surface area (Å²) < 4.78 is 0. The van der Waals surface area contributed by atoms with Crippen LogP contribution in [0.1, 0.15) is 187 Å². The van der Waals surface area contributed by atoms with Gasteiger partial charge in [-0.1, -0.05) is 178 Å². The van der Waals surface area contributed by atoms with Crippen molar-refractivity contribution in [1.29, 1.82) is 0 Å². The molecule has 47 heavy (non-hydrogen) atoms. The third kappa shape index (κ3) is 32.6. The van der Waals surface area contributed by atoms with Crippen LogP contribution in [0.4, 0.5) is 0 Å². The molecule has 0 fully saturated rings. The molecule has 0 aliphatic heterocycles.